The first-order chi connectivity index (χ1) is 23.0. The van der Waals surface area contributed by atoms with Crippen LogP contribution in [0.25, 0.3) is 0 Å². The zero-order valence-corrected chi connectivity index (χ0v) is 28.7. The highest BCUT2D eigenvalue weighted by Crippen LogP contribution is 2.48. The van der Waals surface area contributed by atoms with Crippen LogP contribution in [-0.4, -0.2) is 24.9 Å². The molecule has 4 aromatic carbocycles. The summed E-state index contributed by atoms with van der Waals surface area (Å²) in [5, 5.41) is 6.02. The molecule has 2 heterocycles. The number of ether oxygens (including phenoxy) is 2. The molecule has 0 unspecified atom stereocenters. The Bertz CT molecular complexity index is 1650. The van der Waals surface area contributed by atoms with Crippen LogP contribution in [0.15, 0.2) is 120 Å². The third-order valence-electron chi connectivity index (χ3n) is 9.67. The van der Waals surface area contributed by atoms with Gasteiger partial charge in [-0.1, -0.05) is 119 Å². The highest BCUT2D eigenvalue weighted by molar-refractivity contribution is 5.96. The second kappa shape index (κ2) is 13.2. The molecule has 2 N–H and O–H groups in total. The molecular formula is C42H44N2O4. The number of nitrogens with one attached hydrogen (secondary N) is 2. The van der Waals surface area contributed by atoms with Gasteiger partial charge in [0.1, 0.15) is 11.5 Å². The topological polar surface area (TPSA) is 76.7 Å². The van der Waals surface area contributed by atoms with Crippen LogP contribution in [0.4, 0.5) is 0 Å². The van der Waals surface area contributed by atoms with Crippen LogP contribution in [0, 0.1) is 27.7 Å². The van der Waals surface area contributed by atoms with E-state index in [0.717, 1.165) is 44.5 Å². The molecule has 2 aliphatic rings. The molecule has 0 spiro atoms. The summed E-state index contributed by atoms with van der Waals surface area (Å²) in [6, 6.07) is 33.2. The summed E-state index contributed by atoms with van der Waals surface area (Å²) in [5.41, 5.74) is 8.26. The average Bonchev–Trinajstić information content (AvgIpc) is 3.62. The molecule has 246 valence electrons. The standard InChI is InChI=1S/C42H44N2O4/c1-27-7-15-33(16-8-27)41(34-17-9-28(2)10-18-34)25-37(31(5)47-41)39(45)43-23-24-44-40(46)38-26-42(48-32(38)6,35-19-11-29(3)12-20-35)36-21-13-30(4)14-22-36/h7-22H,23-26H2,1-6H3,(H,43,45)(H,44,46). The lowest BCUT2D eigenvalue weighted by Crippen LogP contribution is -2.36. The fourth-order valence-corrected chi connectivity index (χ4v) is 6.78. The van der Waals surface area contributed by atoms with Crippen LogP contribution in [-0.2, 0) is 30.3 Å². The van der Waals surface area contributed by atoms with Gasteiger partial charge in [0.25, 0.3) is 11.8 Å². The second-order valence-corrected chi connectivity index (χ2v) is 13.3. The zero-order valence-electron chi connectivity index (χ0n) is 28.7. The van der Waals surface area contributed by atoms with Crippen molar-refractivity contribution in [2.75, 3.05) is 13.1 Å². The molecule has 0 radical (unpaired) electrons. The van der Waals surface area contributed by atoms with Crippen LogP contribution < -0.4 is 10.6 Å². The maximum atomic E-state index is 13.5. The predicted molar refractivity (Wildman–Crippen MR) is 189 cm³/mol. The minimum atomic E-state index is -0.791. The Labute approximate surface area is 283 Å². The Hall–Kier alpha value is -5.10. The van der Waals surface area contributed by atoms with Crippen molar-refractivity contribution in [3.05, 3.63) is 164 Å². The summed E-state index contributed by atoms with van der Waals surface area (Å²) >= 11 is 0. The molecule has 2 aliphatic heterocycles. The van der Waals surface area contributed by atoms with Crippen molar-refractivity contribution in [3.63, 3.8) is 0 Å². The van der Waals surface area contributed by atoms with E-state index in [1.54, 1.807) is 0 Å². The van der Waals surface area contributed by atoms with Gasteiger partial charge in [-0.25, -0.2) is 0 Å². The Morgan fingerprint density at radius 2 is 0.729 bits per heavy atom. The number of allylic oxidation sites excluding steroid dienone is 2. The number of rotatable bonds is 9. The average molecular weight is 641 g/mol. The molecule has 0 atom stereocenters. The van der Waals surface area contributed by atoms with Gasteiger partial charge < -0.3 is 20.1 Å². The molecule has 0 saturated heterocycles. The lowest BCUT2D eigenvalue weighted by molar-refractivity contribution is -0.119. The third kappa shape index (κ3) is 6.27. The highest BCUT2D eigenvalue weighted by Gasteiger charge is 2.46. The largest absolute Gasteiger partial charge is 0.482 e. The monoisotopic (exact) mass is 640 g/mol. The Morgan fingerprint density at radius 1 is 0.479 bits per heavy atom. The van der Waals surface area contributed by atoms with E-state index in [4.69, 9.17) is 9.47 Å². The molecule has 0 saturated carbocycles. The van der Waals surface area contributed by atoms with Crippen LogP contribution in [0.1, 0.15) is 71.2 Å². The number of aryl methyl sites for hydroxylation is 4. The smallest absolute Gasteiger partial charge is 0.250 e. The zero-order chi connectivity index (χ0) is 34.1. The van der Waals surface area contributed by atoms with Gasteiger partial charge in [-0.05, 0) is 41.5 Å². The first kappa shape index (κ1) is 32.8. The van der Waals surface area contributed by atoms with E-state index in [1.807, 2.05) is 13.8 Å². The normalized spacial score (nSPS) is 16.4. The van der Waals surface area contributed by atoms with Crippen LogP contribution in [0.2, 0.25) is 0 Å². The van der Waals surface area contributed by atoms with Crippen molar-refractivity contribution >= 4 is 11.8 Å². The summed E-state index contributed by atoms with van der Waals surface area (Å²) in [6.07, 6.45) is 0.819. The fourth-order valence-electron chi connectivity index (χ4n) is 6.78. The van der Waals surface area contributed by atoms with Gasteiger partial charge in [0, 0.05) is 48.2 Å². The van der Waals surface area contributed by atoms with Crippen molar-refractivity contribution in [2.24, 2.45) is 0 Å². The summed E-state index contributed by atoms with van der Waals surface area (Å²) in [6.45, 7) is 12.5. The van der Waals surface area contributed by atoms with Crippen LogP contribution >= 0.6 is 0 Å². The molecule has 0 bridgehead atoms. The van der Waals surface area contributed by atoms with Gasteiger partial charge in [-0.15, -0.1) is 0 Å². The van der Waals surface area contributed by atoms with Crippen molar-refractivity contribution in [1.29, 1.82) is 0 Å². The van der Waals surface area contributed by atoms with E-state index in [9.17, 15) is 9.59 Å². The van der Waals surface area contributed by atoms with Gasteiger partial charge in [0.05, 0.1) is 11.1 Å². The fraction of sp³-hybridized carbons (Fsp3) is 0.286. The van der Waals surface area contributed by atoms with E-state index < -0.39 is 11.2 Å². The predicted octanol–water partition coefficient (Wildman–Crippen LogP) is 7.73. The lowest BCUT2D eigenvalue weighted by Gasteiger charge is -2.31. The molecule has 6 rings (SSSR count). The molecule has 0 aromatic heterocycles. The first-order valence-electron chi connectivity index (χ1n) is 16.6. The second-order valence-electron chi connectivity index (χ2n) is 13.3. The number of hydrogen-bond acceptors (Lipinski definition) is 4. The van der Waals surface area contributed by atoms with Crippen molar-refractivity contribution in [2.45, 2.75) is 65.6 Å². The molecular weight excluding hydrogens is 596 g/mol. The number of hydrogen-bond donors (Lipinski definition) is 2. The van der Waals surface area contributed by atoms with Crippen molar-refractivity contribution < 1.29 is 19.1 Å². The van der Waals surface area contributed by atoms with Gasteiger partial charge in [-0.2, -0.15) is 0 Å². The number of benzene rings is 4. The van der Waals surface area contributed by atoms with Gasteiger partial charge in [0.15, 0.2) is 11.2 Å². The lowest BCUT2D eigenvalue weighted by atomic mass is 9.81. The summed E-state index contributed by atoms with van der Waals surface area (Å²) < 4.78 is 13.2. The van der Waals surface area contributed by atoms with Gasteiger partial charge >= 0.3 is 0 Å². The minimum Gasteiger partial charge on any atom is -0.482 e. The van der Waals surface area contributed by atoms with E-state index in [2.05, 4.69) is 135 Å². The molecule has 6 heteroatoms. The Morgan fingerprint density at radius 3 is 0.979 bits per heavy atom. The van der Waals surface area contributed by atoms with Crippen LogP contribution in [0.3, 0.4) is 0 Å². The summed E-state index contributed by atoms with van der Waals surface area (Å²) in [5.74, 6) is 0.815. The van der Waals surface area contributed by atoms with Gasteiger partial charge in [-0.3, -0.25) is 9.59 Å². The maximum Gasteiger partial charge on any atom is 0.250 e. The quantitative estimate of drug-likeness (QED) is 0.184. The van der Waals surface area contributed by atoms with E-state index >= 15 is 0 Å². The summed E-state index contributed by atoms with van der Waals surface area (Å²) in [7, 11) is 0. The van der Waals surface area contributed by atoms with Gasteiger partial charge in [0.2, 0.25) is 0 Å². The number of amides is 2. The van der Waals surface area contributed by atoms with Crippen molar-refractivity contribution in [3.8, 4) is 0 Å². The Kier molecular flexibility index (Phi) is 9.02. The van der Waals surface area contributed by atoms with Crippen LogP contribution in [0.5, 0.6) is 0 Å². The molecule has 2 amide bonds. The Balaban J connectivity index is 1.11. The van der Waals surface area contributed by atoms with E-state index in [1.165, 1.54) is 0 Å². The summed E-state index contributed by atoms with van der Waals surface area (Å²) in [4.78, 5) is 27.0. The first-order valence-corrected chi connectivity index (χ1v) is 16.6. The SMILES string of the molecule is CC1=C(C(=O)NCCNC(=O)C2=C(C)OC(c3ccc(C)cc3)(c3ccc(C)cc3)C2)CC(c2ccc(C)cc2)(c2ccc(C)cc2)O1. The maximum absolute atomic E-state index is 13.5. The number of carbonyl (C=O) groups is 2. The van der Waals surface area contributed by atoms with Crippen molar-refractivity contribution in [1.82, 2.24) is 10.6 Å². The molecule has 4 aromatic rings. The molecule has 48 heavy (non-hydrogen) atoms. The van der Waals surface area contributed by atoms with E-state index in [-0.39, 0.29) is 24.9 Å². The number of carbonyl (C=O) groups excluding carboxylic acids is 2. The molecule has 6 nitrogen and oxygen atoms in total. The minimum absolute atomic E-state index is 0.194. The molecule has 0 aliphatic carbocycles. The molecule has 0 fully saturated rings. The van der Waals surface area contributed by atoms with E-state index in [0.29, 0.717) is 35.5 Å². The highest BCUT2D eigenvalue weighted by atomic mass is 16.5. The third-order valence-corrected chi connectivity index (χ3v) is 9.67.